The number of nitrogens with one attached hydrogen (secondary N) is 1. The lowest BCUT2D eigenvalue weighted by Crippen LogP contribution is -2.27. The summed E-state index contributed by atoms with van der Waals surface area (Å²) in [6.45, 7) is 0.119. The molecule has 0 heterocycles. The standard InChI is InChI=1S/C9H13ClN2O3S2/c1-16(13)5-4-12-17(14,15)7-2-3-8(10)9(11)6-7/h2-3,6,12H,4-5,11H2,1H3. The minimum absolute atomic E-state index is 0.0429. The first-order valence-electron chi connectivity index (χ1n) is 4.67. The summed E-state index contributed by atoms with van der Waals surface area (Å²) in [6, 6.07) is 4.07. The van der Waals surface area contributed by atoms with Crippen molar-refractivity contribution in [2.24, 2.45) is 0 Å². The highest BCUT2D eigenvalue weighted by atomic mass is 35.5. The van der Waals surface area contributed by atoms with Crippen LogP contribution in [0.2, 0.25) is 5.02 Å². The first-order valence-corrected chi connectivity index (χ1v) is 8.26. The highest BCUT2D eigenvalue weighted by Gasteiger charge is 2.14. The van der Waals surface area contributed by atoms with Gasteiger partial charge in [0, 0.05) is 29.4 Å². The Morgan fingerprint density at radius 1 is 1.47 bits per heavy atom. The molecular formula is C9H13ClN2O3S2. The molecule has 0 spiro atoms. The van der Waals surface area contributed by atoms with E-state index in [1.54, 1.807) is 0 Å². The largest absolute Gasteiger partial charge is 0.397 e. The molecule has 8 heteroatoms. The fourth-order valence-electron chi connectivity index (χ4n) is 1.09. The Kier molecular flexibility index (Phi) is 4.93. The van der Waals surface area contributed by atoms with E-state index in [1.165, 1.54) is 24.5 Å². The Morgan fingerprint density at radius 3 is 2.65 bits per heavy atom. The summed E-state index contributed by atoms with van der Waals surface area (Å²) in [5, 5.41) is 0.304. The van der Waals surface area contributed by atoms with Gasteiger partial charge >= 0.3 is 0 Å². The minimum atomic E-state index is -3.62. The van der Waals surface area contributed by atoms with Gasteiger partial charge in [0.05, 0.1) is 15.6 Å². The van der Waals surface area contributed by atoms with Gasteiger partial charge < -0.3 is 5.73 Å². The maximum absolute atomic E-state index is 11.8. The zero-order chi connectivity index (χ0) is 13.1. The number of hydrogen-bond acceptors (Lipinski definition) is 4. The van der Waals surface area contributed by atoms with E-state index >= 15 is 0 Å². The Labute approximate surface area is 108 Å². The monoisotopic (exact) mass is 296 g/mol. The topological polar surface area (TPSA) is 89.3 Å². The van der Waals surface area contributed by atoms with E-state index in [0.29, 0.717) is 5.02 Å². The maximum atomic E-state index is 11.8. The lowest BCUT2D eigenvalue weighted by molar-refractivity contribution is 0.584. The van der Waals surface area contributed by atoms with Gasteiger partial charge in [-0.3, -0.25) is 4.21 Å². The lowest BCUT2D eigenvalue weighted by atomic mass is 10.3. The number of anilines is 1. The van der Waals surface area contributed by atoms with Crippen LogP contribution in [0, 0.1) is 0 Å². The second-order valence-corrected chi connectivity index (χ2v) is 7.09. The Morgan fingerprint density at radius 2 is 2.12 bits per heavy atom. The van der Waals surface area contributed by atoms with Gasteiger partial charge in [0.1, 0.15) is 0 Å². The SMILES string of the molecule is CS(=O)CCNS(=O)(=O)c1ccc(Cl)c(N)c1. The average molecular weight is 297 g/mol. The van der Waals surface area contributed by atoms with E-state index in [9.17, 15) is 12.6 Å². The molecule has 0 fully saturated rings. The van der Waals surface area contributed by atoms with Crippen molar-refractivity contribution in [1.29, 1.82) is 0 Å². The molecule has 0 aliphatic heterocycles. The molecule has 96 valence electrons. The molecule has 1 rings (SSSR count). The van der Waals surface area contributed by atoms with E-state index in [1.807, 2.05) is 0 Å². The molecule has 1 aromatic carbocycles. The van der Waals surface area contributed by atoms with Gasteiger partial charge in [0.25, 0.3) is 0 Å². The molecule has 0 aliphatic rings. The minimum Gasteiger partial charge on any atom is -0.397 e. The van der Waals surface area contributed by atoms with Gasteiger partial charge in [-0.1, -0.05) is 11.6 Å². The molecule has 1 aromatic rings. The Bertz CT molecular complexity index is 531. The van der Waals surface area contributed by atoms with Crippen molar-refractivity contribution < 1.29 is 12.6 Å². The van der Waals surface area contributed by atoms with Crippen LogP contribution in [0.3, 0.4) is 0 Å². The maximum Gasteiger partial charge on any atom is 0.240 e. The van der Waals surface area contributed by atoms with Crippen LogP contribution in [0.5, 0.6) is 0 Å². The highest BCUT2D eigenvalue weighted by Crippen LogP contribution is 2.21. The zero-order valence-corrected chi connectivity index (χ0v) is 11.5. The van der Waals surface area contributed by atoms with Crippen molar-refractivity contribution >= 4 is 38.1 Å². The summed E-state index contributed by atoms with van der Waals surface area (Å²) in [7, 11) is -4.66. The quantitative estimate of drug-likeness (QED) is 0.778. The molecule has 5 nitrogen and oxygen atoms in total. The van der Waals surface area contributed by atoms with Crippen LogP contribution in [0.15, 0.2) is 23.1 Å². The van der Waals surface area contributed by atoms with Crippen molar-refractivity contribution in [2.45, 2.75) is 4.90 Å². The number of nitrogens with two attached hydrogens (primary N) is 1. The van der Waals surface area contributed by atoms with Crippen molar-refractivity contribution in [1.82, 2.24) is 4.72 Å². The Balaban J connectivity index is 2.82. The van der Waals surface area contributed by atoms with Crippen LogP contribution in [-0.2, 0) is 20.8 Å². The summed E-state index contributed by atoms with van der Waals surface area (Å²) in [6.07, 6.45) is 1.51. The molecule has 0 amide bonds. The summed E-state index contributed by atoms with van der Waals surface area (Å²) in [4.78, 5) is 0.0429. The fraction of sp³-hybridized carbons (Fsp3) is 0.333. The van der Waals surface area contributed by atoms with Crippen LogP contribution < -0.4 is 10.5 Å². The third-order valence-corrected chi connectivity index (χ3v) is 4.54. The number of halogens is 1. The molecule has 1 unspecified atom stereocenters. The molecule has 3 N–H and O–H groups in total. The molecule has 0 aromatic heterocycles. The molecule has 1 atom stereocenters. The van der Waals surface area contributed by atoms with Crippen molar-refractivity contribution in [3.8, 4) is 0 Å². The predicted octanol–water partition coefficient (Wildman–Crippen LogP) is 0.579. The smallest absolute Gasteiger partial charge is 0.240 e. The summed E-state index contributed by atoms with van der Waals surface area (Å²) in [5.74, 6) is 0.266. The lowest BCUT2D eigenvalue weighted by Gasteiger charge is -2.07. The number of rotatable bonds is 5. The van der Waals surface area contributed by atoms with Crippen LogP contribution in [-0.4, -0.2) is 31.2 Å². The Hall–Kier alpha value is -0.630. The molecule has 0 bridgehead atoms. The first kappa shape index (κ1) is 14.4. The van der Waals surface area contributed by atoms with Gasteiger partial charge in [-0.2, -0.15) is 0 Å². The summed E-state index contributed by atoms with van der Waals surface area (Å²) >= 11 is 5.70. The predicted molar refractivity (Wildman–Crippen MR) is 70.0 cm³/mol. The summed E-state index contributed by atoms with van der Waals surface area (Å²) < 4.78 is 36.7. The van der Waals surface area contributed by atoms with Gasteiger partial charge in [-0.05, 0) is 18.2 Å². The summed E-state index contributed by atoms with van der Waals surface area (Å²) in [5.41, 5.74) is 5.72. The molecule has 0 aliphatic carbocycles. The highest BCUT2D eigenvalue weighted by molar-refractivity contribution is 7.89. The second kappa shape index (κ2) is 5.81. The molecule has 0 saturated heterocycles. The number of sulfonamides is 1. The molecule has 17 heavy (non-hydrogen) atoms. The van der Waals surface area contributed by atoms with Gasteiger partial charge in [-0.15, -0.1) is 0 Å². The van der Waals surface area contributed by atoms with Gasteiger partial charge in [-0.25, -0.2) is 13.1 Å². The molecular weight excluding hydrogens is 284 g/mol. The normalized spacial score (nSPS) is 13.5. The second-order valence-electron chi connectivity index (χ2n) is 3.36. The van der Waals surface area contributed by atoms with Crippen LogP contribution >= 0.6 is 11.6 Å². The van der Waals surface area contributed by atoms with Gasteiger partial charge in [0.2, 0.25) is 10.0 Å². The van der Waals surface area contributed by atoms with E-state index in [4.69, 9.17) is 17.3 Å². The number of nitrogen functional groups attached to an aromatic ring is 1. The van der Waals surface area contributed by atoms with Crippen molar-refractivity contribution in [3.63, 3.8) is 0 Å². The van der Waals surface area contributed by atoms with Crippen LogP contribution in [0.4, 0.5) is 5.69 Å². The fourth-order valence-corrected chi connectivity index (χ4v) is 2.80. The van der Waals surface area contributed by atoms with E-state index in [2.05, 4.69) is 4.72 Å². The third-order valence-electron chi connectivity index (χ3n) is 1.96. The molecule has 0 saturated carbocycles. The number of benzene rings is 1. The van der Waals surface area contributed by atoms with Crippen molar-refractivity contribution in [3.05, 3.63) is 23.2 Å². The van der Waals surface area contributed by atoms with Crippen molar-refractivity contribution in [2.75, 3.05) is 24.3 Å². The first-order chi connectivity index (χ1) is 7.83. The number of hydrogen-bond donors (Lipinski definition) is 2. The van der Waals surface area contributed by atoms with E-state index in [0.717, 1.165) is 0 Å². The van der Waals surface area contributed by atoms with Crippen LogP contribution in [0.1, 0.15) is 0 Å². The molecule has 0 radical (unpaired) electrons. The van der Waals surface area contributed by atoms with E-state index < -0.39 is 20.8 Å². The average Bonchev–Trinajstić information content (AvgIpc) is 2.21. The van der Waals surface area contributed by atoms with Gasteiger partial charge in [0.15, 0.2) is 0 Å². The van der Waals surface area contributed by atoms with E-state index in [-0.39, 0.29) is 22.9 Å². The third kappa shape index (κ3) is 4.27. The zero-order valence-electron chi connectivity index (χ0n) is 9.14. The van der Waals surface area contributed by atoms with Crippen LogP contribution in [0.25, 0.3) is 0 Å².